The van der Waals surface area contributed by atoms with Crippen LogP contribution in [0.2, 0.25) is 0 Å². The number of piperidine rings is 1. The van der Waals surface area contributed by atoms with Crippen molar-refractivity contribution in [2.75, 3.05) is 38.0 Å². The van der Waals surface area contributed by atoms with Gasteiger partial charge in [-0.3, -0.25) is 19.3 Å². The summed E-state index contributed by atoms with van der Waals surface area (Å²) in [5.41, 5.74) is 2.49. The van der Waals surface area contributed by atoms with Gasteiger partial charge in [0, 0.05) is 64.2 Å². The molecule has 1 aromatic heterocycles. The fourth-order valence-electron chi connectivity index (χ4n) is 6.40. The SMILES string of the molecule is CC(C)(C)OC(=O)CCCCCCCCCC(=O)N1CCC(Nc2cc(C(=O)NC[C@H](O)CN3CCc4ccccc4C3)ncn2)CC1. The number of benzene rings is 1. The number of amides is 2. The summed E-state index contributed by atoms with van der Waals surface area (Å²) >= 11 is 0. The molecule has 11 nitrogen and oxygen atoms in total. The molecule has 2 aliphatic heterocycles. The topological polar surface area (TPSA) is 137 Å². The van der Waals surface area contributed by atoms with E-state index in [0.717, 1.165) is 77.3 Å². The summed E-state index contributed by atoms with van der Waals surface area (Å²) in [6.45, 7) is 9.40. The number of aliphatic hydroxyl groups is 1. The summed E-state index contributed by atoms with van der Waals surface area (Å²) in [5.74, 6) is 0.339. The second-order valence-corrected chi connectivity index (χ2v) is 14.3. The van der Waals surface area contributed by atoms with Gasteiger partial charge in [0.2, 0.25) is 5.91 Å². The van der Waals surface area contributed by atoms with Gasteiger partial charge in [-0.1, -0.05) is 56.4 Å². The molecule has 4 rings (SSSR count). The van der Waals surface area contributed by atoms with Gasteiger partial charge < -0.3 is 25.4 Å². The number of anilines is 1. The van der Waals surface area contributed by atoms with Crippen molar-refractivity contribution in [2.45, 2.75) is 122 Å². The number of hydrogen-bond donors (Lipinski definition) is 3. The summed E-state index contributed by atoms with van der Waals surface area (Å²) in [6, 6.07) is 10.2. The number of carbonyl (C=O) groups is 3. The molecule has 1 atom stereocenters. The van der Waals surface area contributed by atoms with E-state index in [2.05, 4.69) is 43.7 Å². The molecule has 0 radical (unpaired) electrons. The standard InChI is InChI=1S/C37H56N6O5/c1-37(2,3)48-35(46)16-10-8-6-4-5-7-9-15-34(45)43-21-18-30(19-22-43)41-33-23-32(39-27-40-33)36(47)38-24-31(44)26-42-20-17-28-13-11-12-14-29(28)25-42/h11-14,23,27,30-31,44H,4-10,15-22,24-26H2,1-3H3,(H,38,47)(H,39,40,41)/t31-/m0/s1. The summed E-state index contributed by atoms with van der Waals surface area (Å²) in [5, 5.41) is 16.8. The Balaban J connectivity index is 1.05. The molecule has 1 saturated heterocycles. The number of ether oxygens (including phenoxy) is 1. The van der Waals surface area contributed by atoms with Crippen LogP contribution in [0.25, 0.3) is 0 Å². The minimum atomic E-state index is -0.681. The fourth-order valence-corrected chi connectivity index (χ4v) is 6.40. The lowest BCUT2D eigenvalue weighted by Gasteiger charge is -2.32. The predicted molar refractivity (Wildman–Crippen MR) is 186 cm³/mol. The monoisotopic (exact) mass is 664 g/mol. The number of fused-ring (bicyclic) bond motifs is 1. The first-order valence-corrected chi connectivity index (χ1v) is 17.9. The Hall–Kier alpha value is -3.57. The van der Waals surface area contributed by atoms with Crippen LogP contribution in [0.15, 0.2) is 36.7 Å². The van der Waals surface area contributed by atoms with Crippen LogP contribution in [0.1, 0.15) is 113 Å². The zero-order valence-corrected chi connectivity index (χ0v) is 29.2. The first-order chi connectivity index (χ1) is 23.1. The van der Waals surface area contributed by atoms with Crippen LogP contribution in [-0.4, -0.2) is 93.1 Å². The summed E-state index contributed by atoms with van der Waals surface area (Å²) in [6.07, 6.45) is 11.6. The first kappa shape index (κ1) is 37.3. The van der Waals surface area contributed by atoms with Crippen molar-refractivity contribution in [1.82, 2.24) is 25.1 Å². The van der Waals surface area contributed by atoms with Crippen molar-refractivity contribution in [2.24, 2.45) is 0 Å². The summed E-state index contributed by atoms with van der Waals surface area (Å²) < 4.78 is 5.35. The van der Waals surface area contributed by atoms with E-state index >= 15 is 0 Å². The minimum Gasteiger partial charge on any atom is -0.460 e. The average molecular weight is 665 g/mol. The van der Waals surface area contributed by atoms with E-state index in [1.807, 2.05) is 31.7 Å². The lowest BCUT2D eigenvalue weighted by Crippen LogP contribution is -2.42. The maximum absolute atomic E-state index is 12.8. The molecule has 48 heavy (non-hydrogen) atoms. The highest BCUT2D eigenvalue weighted by Gasteiger charge is 2.24. The van der Waals surface area contributed by atoms with E-state index in [1.165, 1.54) is 17.5 Å². The maximum atomic E-state index is 12.8. The predicted octanol–water partition coefficient (Wildman–Crippen LogP) is 4.88. The van der Waals surface area contributed by atoms with Crippen LogP contribution in [0.3, 0.4) is 0 Å². The van der Waals surface area contributed by atoms with E-state index in [9.17, 15) is 19.5 Å². The van der Waals surface area contributed by atoms with Gasteiger partial charge in [0.15, 0.2) is 0 Å². The molecule has 2 aromatic rings. The van der Waals surface area contributed by atoms with Gasteiger partial charge in [-0.15, -0.1) is 0 Å². The van der Waals surface area contributed by atoms with Gasteiger partial charge in [0.05, 0.1) is 6.10 Å². The molecule has 0 bridgehead atoms. The van der Waals surface area contributed by atoms with Crippen LogP contribution in [0.4, 0.5) is 5.82 Å². The van der Waals surface area contributed by atoms with Crippen LogP contribution < -0.4 is 10.6 Å². The first-order valence-electron chi connectivity index (χ1n) is 17.9. The number of nitrogens with zero attached hydrogens (tertiary/aromatic N) is 4. The number of nitrogens with one attached hydrogen (secondary N) is 2. The second kappa shape index (κ2) is 18.8. The normalized spacial score (nSPS) is 16.2. The Morgan fingerprint density at radius 3 is 2.31 bits per heavy atom. The highest BCUT2D eigenvalue weighted by Crippen LogP contribution is 2.20. The Bertz CT molecular complexity index is 1320. The highest BCUT2D eigenvalue weighted by molar-refractivity contribution is 5.92. The Kier molecular flexibility index (Phi) is 14.6. The third kappa shape index (κ3) is 13.1. The maximum Gasteiger partial charge on any atom is 0.306 e. The zero-order chi connectivity index (χ0) is 34.4. The van der Waals surface area contributed by atoms with Crippen molar-refractivity contribution in [3.05, 3.63) is 53.5 Å². The zero-order valence-electron chi connectivity index (χ0n) is 29.2. The van der Waals surface area contributed by atoms with Crippen LogP contribution in [-0.2, 0) is 27.3 Å². The Morgan fingerprint density at radius 1 is 0.938 bits per heavy atom. The smallest absolute Gasteiger partial charge is 0.306 e. The van der Waals surface area contributed by atoms with E-state index in [-0.39, 0.29) is 36.1 Å². The molecule has 1 aromatic carbocycles. The number of esters is 1. The second-order valence-electron chi connectivity index (χ2n) is 14.3. The quantitative estimate of drug-likeness (QED) is 0.160. The van der Waals surface area contributed by atoms with Gasteiger partial charge >= 0.3 is 5.97 Å². The number of unbranched alkanes of at least 4 members (excludes halogenated alkanes) is 6. The van der Waals surface area contributed by atoms with Crippen molar-refractivity contribution in [1.29, 1.82) is 0 Å². The molecule has 2 aliphatic rings. The highest BCUT2D eigenvalue weighted by atomic mass is 16.6. The molecule has 0 unspecified atom stereocenters. The number of aliphatic hydroxyl groups excluding tert-OH is 1. The average Bonchev–Trinajstić information content (AvgIpc) is 3.06. The molecule has 1 fully saturated rings. The lowest BCUT2D eigenvalue weighted by atomic mass is 10.00. The Morgan fingerprint density at radius 2 is 1.60 bits per heavy atom. The van der Waals surface area contributed by atoms with E-state index < -0.39 is 11.7 Å². The minimum absolute atomic E-state index is 0.118. The van der Waals surface area contributed by atoms with Gasteiger partial charge in [-0.05, 0) is 64.0 Å². The molecule has 0 aliphatic carbocycles. The number of carbonyl (C=O) groups excluding carboxylic acids is 3. The summed E-state index contributed by atoms with van der Waals surface area (Å²) in [7, 11) is 0. The molecule has 11 heteroatoms. The van der Waals surface area contributed by atoms with Crippen LogP contribution in [0.5, 0.6) is 0 Å². The van der Waals surface area contributed by atoms with E-state index in [0.29, 0.717) is 38.3 Å². The van der Waals surface area contributed by atoms with Crippen molar-refractivity contribution < 1.29 is 24.2 Å². The number of aromatic nitrogens is 2. The molecule has 3 heterocycles. The van der Waals surface area contributed by atoms with Crippen molar-refractivity contribution >= 4 is 23.6 Å². The number of hydrogen-bond acceptors (Lipinski definition) is 9. The third-order valence-electron chi connectivity index (χ3n) is 8.97. The molecule has 264 valence electrons. The molecule has 2 amide bonds. The number of β-amino-alcohol motifs (C(OH)–C–C–N with tert-alkyl or cyclic N) is 1. The van der Waals surface area contributed by atoms with Gasteiger partial charge in [-0.2, -0.15) is 0 Å². The lowest BCUT2D eigenvalue weighted by molar-refractivity contribution is -0.154. The molecule has 0 spiro atoms. The van der Waals surface area contributed by atoms with Crippen LogP contribution in [0, 0.1) is 0 Å². The largest absolute Gasteiger partial charge is 0.460 e. The van der Waals surface area contributed by atoms with Crippen molar-refractivity contribution in [3.8, 4) is 0 Å². The van der Waals surface area contributed by atoms with E-state index in [1.54, 1.807) is 6.07 Å². The van der Waals surface area contributed by atoms with Gasteiger partial charge in [-0.25, -0.2) is 9.97 Å². The fraction of sp³-hybridized carbons (Fsp3) is 0.649. The van der Waals surface area contributed by atoms with Crippen molar-refractivity contribution in [3.63, 3.8) is 0 Å². The molecule has 0 saturated carbocycles. The van der Waals surface area contributed by atoms with E-state index in [4.69, 9.17) is 4.74 Å². The molecular weight excluding hydrogens is 608 g/mol. The number of rotatable bonds is 17. The Labute approximate surface area is 286 Å². The number of likely N-dealkylation sites (tertiary alicyclic amines) is 1. The van der Waals surface area contributed by atoms with Crippen LogP contribution >= 0.6 is 0 Å². The van der Waals surface area contributed by atoms with Gasteiger partial charge in [0.25, 0.3) is 5.91 Å². The third-order valence-corrected chi connectivity index (χ3v) is 8.97. The molecule has 3 N–H and O–H groups in total. The van der Waals surface area contributed by atoms with Gasteiger partial charge in [0.1, 0.15) is 23.4 Å². The summed E-state index contributed by atoms with van der Waals surface area (Å²) in [4.78, 5) is 50.0. The molecular formula is C37H56N6O5.